The summed E-state index contributed by atoms with van der Waals surface area (Å²) in [7, 11) is 1.28. The maximum atomic E-state index is 10.1. The molecule has 2 aliphatic rings. The normalized spacial score (nSPS) is 49.5. The predicted octanol–water partition coefficient (Wildman–Crippen LogP) is -4.54. The molecule has 0 aromatic carbocycles. The topological polar surface area (TPSA) is 190 Å². The summed E-state index contributed by atoms with van der Waals surface area (Å²) in [6, 6.07) is 0. The van der Waals surface area contributed by atoms with Crippen LogP contribution in [0.15, 0.2) is 0 Å². The second kappa shape index (κ2) is 8.78. The van der Waals surface area contributed by atoms with Gasteiger partial charge in [0.2, 0.25) is 0 Å². The molecule has 11 heteroatoms. The van der Waals surface area contributed by atoms with E-state index in [0.717, 1.165) is 0 Å². The van der Waals surface area contributed by atoms with E-state index in [2.05, 4.69) is 0 Å². The molecule has 2 heterocycles. The number of aliphatic hydroxyl groups is 6. The van der Waals surface area contributed by atoms with Crippen molar-refractivity contribution >= 4 is 0 Å². The SMILES string of the molecule is CO[C@H]1O[C@H](CO)[C@@H](O)[C@H](O)[C@H]1O[C@H]1O[C@@H](C)[C@@H](O)[C@@H](O)[C@@H]1O.O. The molecule has 0 amide bonds. The molecule has 0 radical (unpaired) electrons. The van der Waals surface area contributed by atoms with Crippen LogP contribution >= 0.6 is 0 Å². The molecule has 0 saturated carbocycles. The second-order valence-electron chi connectivity index (χ2n) is 5.72. The van der Waals surface area contributed by atoms with Crippen molar-refractivity contribution in [2.24, 2.45) is 0 Å². The Kier molecular flexibility index (Phi) is 7.90. The number of rotatable bonds is 4. The van der Waals surface area contributed by atoms with Gasteiger partial charge in [0.05, 0.1) is 12.7 Å². The number of ether oxygens (including phenoxy) is 4. The number of hydrogen-bond acceptors (Lipinski definition) is 10. The zero-order valence-electron chi connectivity index (χ0n) is 13.3. The van der Waals surface area contributed by atoms with Crippen molar-refractivity contribution in [1.29, 1.82) is 0 Å². The highest BCUT2D eigenvalue weighted by molar-refractivity contribution is 4.92. The van der Waals surface area contributed by atoms with Crippen LogP contribution in [-0.2, 0) is 18.9 Å². The first-order valence-corrected chi connectivity index (χ1v) is 7.32. The van der Waals surface area contributed by atoms with Gasteiger partial charge in [-0.1, -0.05) is 0 Å². The van der Waals surface area contributed by atoms with Crippen LogP contribution in [0.1, 0.15) is 6.92 Å². The van der Waals surface area contributed by atoms with Crippen LogP contribution in [0.25, 0.3) is 0 Å². The number of hydrogen-bond donors (Lipinski definition) is 6. The van der Waals surface area contributed by atoms with Gasteiger partial charge in [0.15, 0.2) is 12.6 Å². The minimum absolute atomic E-state index is 0. The van der Waals surface area contributed by atoms with Crippen molar-refractivity contribution < 1.29 is 55.1 Å². The monoisotopic (exact) mass is 358 g/mol. The molecular formula is C13H26O11. The summed E-state index contributed by atoms with van der Waals surface area (Å²) in [5.74, 6) is 0. The molecule has 2 fully saturated rings. The molecule has 144 valence electrons. The van der Waals surface area contributed by atoms with Crippen molar-refractivity contribution in [2.45, 2.75) is 68.3 Å². The highest BCUT2D eigenvalue weighted by Crippen LogP contribution is 2.29. The molecular weight excluding hydrogens is 332 g/mol. The lowest BCUT2D eigenvalue weighted by atomic mass is 9.97. The second-order valence-corrected chi connectivity index (χ2v) is 5.72. The average Bonchev–Trinajstić information content (AvgIpc) is 2.54. The Morgan fingerprint density at radius 1 is 0.833 bits per heavy atom. The Labute approximate surface area is 138 Å². The molecule has 10 atom stereocenters. The van der Waals surface area contributed by atoms with Crippen LogP contribution in [0.3, 0.4) is 0 Å². The molecule has 0 unspecified atom stereocenters. The molecule has 0 aromatic heterocycles. The van der Waals surface area contributed by atoms with Gasteiger partial charge in [-0.3, -0.25) is 0 Å². The van der Waals surface area contributed by atoms with Crippen molar-refractivity contribution in [3.05, 3.63) is 0 Å². The zero-order chi connectivity index (χ0) is 17.3. The molecule has 2 aliphatic heterocycles. The molecule has 0 spiro atoms. The fourth-order valence-corrected chi connectivity index (χ4v) is 2.67. The molecule has 24 heavy (non-hydrogen) atoms. The lowest BCUT2D eigenvalue weighted by Gasteiger charge is -2.45. The van der Waals surface area contributed by atoms with Gasteiger partial charge in [0.1, 0.15) is 42.7 Å². The Bertz CT molecular complexity index is 381. The number of aliphatic hydroxyl groups excluding tert-OH is 6. The maximum absolute atomic E-state index is 10.1. The Hall–Kier alpha value is -0.440. The van der Waals surface area contributed by atoms with Gasteiger partial charge in [-0.2, -0.15) is 0 Å². The van der Waals surface area contributed by atoms with Gasteiger partial charge in [-0.15, -0.1) is 0 Å². The van der Waals surface area contributed by atoms with Crippen LogP contribution in [0.2, 0.25) is 0 Å². The van der Waals surface area contributed by atoms with E-state index in [4.69, 9.17) is 24.1 Å². The quantitative estimate of drug-likeness (QED) is 0.285. The van der Waals surface area contributed by atoms with Gasteiger partial charge in [0, 0.05) is 7.11 Å². The fourth-order valence-electron chi connectivity index (χ4n) is 2.67. The highest BCUT2D eigenvalue weighted by Gasteiger charge is 2.49. The van der Waals surface area contributed by atoms with E-state index in [-0.39, 0.29) is 5.48 Å². The maximum Gasteiger partial charge on any atom is 0.187 e. The van der Waals surface area contributed by atoms with Crippen LogP contribution in [-0.4, -0.2) is 111 Å². The van der Waals surface area contributed by atoms with E-state index < -0.39 is 68.0 Å². The van der Waals surface area contributed by atoms with E-state index in [0.29, 0.717) is 0 Å². The van der Waals surface area contributed by atoms with Crippen molar-refractivity contribution in [3.8, 4) is 0 Å². The summed E-state index contributed by atoms with van der Waals surface area (Å²) < 4.78 is 21.0. The first-order valence-electron chi connectivity index (χ1n) is 7.32. The van der Waals surface area contributed by atoms with Crippen LogP contribution in [0.4, 0.5) is 0 Å². The Morgan fingerprint density at radius 3 is 2.00 bits per heavy atom. The highest BCUT2D eigenvalue weighted by atomic mass is 16.8. The Balaban J connectivity index is 0.00000288. The van der Waals surface area contributed by atoms with Crippen molar-refractivity contribution in [3.63, 3.8) is 0 Å². The van der Waals surface area contributed by atoms with E-state index in [1.165, 1.54) is 14.0 Å². The minimum atomic E-state index is -1.57. The lowest BCUT2D eigenvalue weighted by Crippen LogP contribution is -2.64. The van der Waals surface area contributed by atoms with Gasteiger partial charge in [0.25, 0.3) is 0 Å². The minimum Gasteiger partial charge on any atom is -0.412 e. The first-order chi connectivity index (χ1) is 10.8. The van der Waals surface area contributed by atoms with E-state index in [1.54, 1.807) is 0 Å². The summed E-state index contributed by atoms with van der Waals surface area (Å²) in [4.78, 5) is 0. The lowest BCUT2D eigenvalue weighted by molar-refractivity contribution is -0.361. The van der Waals surface area contributed by atoms with Crippen LogP contribution < -0.4 is 0 Å². The average molecular weight is 358 g/mol. The van der Waals surface area contributed by atoms with Crippen molar-refractivity contribution in [1.82, 2.24) is 0 Å². The molecule has 2 rings (SSSR count). The third-order valence-electron chi connectivity index (χ3n) is 4.16. The summed E-state index contributed by atoms with van der Waals surface area (Å²) in [6.45, 7) is 0.948. The van der Waals surface area contributed by atoms with Gasteiger partial charge < -0.3 is 55.1 Å². The summed E-state index contributed by atoms with van der Waals surface area (Å²) in [5, 5.41) is 58.5. The van der Waals surface area contributed by atoms with E-state index in [9.17, 15) is 25.5 Å². The molecule has 2 saturated heterocycles. The van der Waals surface area contributed by atoms with Crippen LogP contribution in [0.5, 0.6) is 0 Å². The third-order valence-corrected chi connectivity index (χ3v) is 4.16. The smallest absolute Gasteiger partial charge is 0.187 e. The molecule has 0 aromatic rings. The van der Waals surface area contributed by atoms with Gasteiger partial charge in [-0.05, 0) is 6.92 Å². The molecule has 11 nitrogen and oxygen atoms in total. The fraction of sp³-hybridized carbons (Fsp3) is 1.00. The largest absolute Gasteiger partial charge is 0.412 e. The molecule has 0 aliphatic carbocycles. The molecule has 8 N–H and O–H groups in total. The van der Waals surface area contributed by atoms with E-state index >= 15 is 0 Å². The van der Waals surface area contributed by atoms with Gasteiger partial charge in [-0.25, -0.2) is 0 Å². The predicted molar refractivity (Wildman–Crippen MR) is 75.6 cm³/mol. The summed E-state index contributed by atoms with van der Waals surface area (Å²) in [6.07, 6.45) is -12.9. The van der Waals surface area contributed by atoms with Crippen molar-refractivity contribution in [2.75, 3.05) is 13.7 Å². The summed E-state index contributed by atoms with van der Waals surface area (Å²) >= 11 is 0. The Morgan fingerprint density at radius 2 is 1.46 bits per heavy atom. The third kappa shape index (κ3) is 4.03. The first kappa shape index (κ1) is 21.6. The number of methoxy groups -OCH3 is 1. The van der Waals surface area contributed by atoms with E-state index in [1.807, 2.05) is 0 Å². The summed E-state index contributed by atoms with van der Waals surface area (Å²) in [5.41, 5.74) is 0. The van der Waals surface area contributed by atoms with Gasteiger partial charge >= 0.3 is 0 Å². The zero-order valence-corrected chi connectivity index (χ0v) is 13.3. The standard InChI is InChI=1S/C13H24O10.H2O/c1-4-6(15)8(17)10(19)12(21-4)23-11-9(18)7(16)5(3-14)22-13(11)20-2;/h4-19H,3H2,1-2H3;1H2/t4-,5+,6+,7+,8+,9-,10-,11+,12+,13-;/m0./s1. The van der Waals surface area contributed by atoms with Crippen LogP contribution in [0, 0.1) is 0 Å². The molecule has 0 bridgehead atoms.